The molecule has 136 valence electrons. The van der Waals surface area contributed by atoms with E-state index in [-0.39, 0.29) is 12.0 Å². The van der Waals surface area contributed by atoms with Gasteiger partial charge in [0.25, 0.3) is 0 Å². The van der Waals surface area contributed by atoms with Gasteiger partial charge in [-0.2, -0.15) is 5.10 Å². The maximum absolute atomic E-state index is 12.9. The first-order chi connectivity index (χ1) is 12.7. The number of hydrogen-bond acceptors (Lipinski definition) is 4. The second-order valence-electron chi connectivity index (χ2n) is 7.02. The number of fused-ring (bicyclic) bond motifs is 1. The van der Waals surface area contributed by atoms with Gasteiger partial charge in [-0.15, -0.1) is 0 Å². The lowest BCUT2D eigenvalue weighted by atomic mass is 10.2. The van der Waals surface area contributed by atoms with Crippen LogP contribution in [0.5, 0.6) is 0 Å². The maximum Gasteiger partial charge on any atom is 0.249 e. The Hall–Kier alpha value is -2.47. The second kappa shape index (κ2) is 7.41. The van der Waals surface area contributed by atoms with Gasteiger partial charge in [-0.1, -0.05) is 12.1 Å². The Labute approximate surface area is 153 Å². The summed E-state index contributed by atoms with van der Waals surface area (Å²) in [6, 6.07) is 7.91. The highest BCUT2D eigenvalue weighted by molar-refractivity contribution is 5.93. The summed E-state index contributed by atoms with van der Waals surface area (Å²) in [6.45, 7) is 4.22. The Morgan fingerprint density at radius 3 is 3.04 bits per heavy atom. The van der Waals surface area contributed by atoms with Crippen molar-refractivity contribution >= 4 is 5.91 Å². The first kappa shape index (κ1) is 17.0. The predicted molar refractivity (Wildman–Crippen MR) is 97.1 cm³/mol. The first-order valence-electron chi connectivity index (χ1n) is 9.22. The van der Waals surface area contributed by atoms with E-state index in [4.69, 9.17) is 4.74 Å². The van der Waals surface area contributed by atoms with Gasteiger partial charge >= 0.3 is 0 Å². The van der Waals surface area contributed by atoms with E-state index in [1.165, 1.54) is 0 Å². The molecule has 0 saturated heterocycles. The molecule has 26 heavy (non-hydrogen) atoms. The normalized spacial score (nSPS) is 19.8. The molecule has 0 N–H and O–H groups in total. The van der Waals surface area contributed by atoms with E-state index >= 15 is 0 Å². The number of ether oxygens (including phenoxy) is 1. The number of allylic oxidation sites excluding steroid dienone is 1. The molecule has 0 fully saturated rings. The summed E-state index contributed by atoms with van der Waals surface area (Å²) in [5.74, 6) is 0.138. The molecule has 1 atom stereocenters. The lowest BCUT2D eigenvalue weighted by Crippen LogP contribution is -2.37. The Morgan fingerprint density at radius 2 is 2.23 bits per heavy atom. The number of pyridine rings is 1. The molecule has 0 bridgehead atoms. The van der Waals surface area contributed by atoms with Crippen LogP contribution in [0.1, 0.15) is 36.3 Å². The molecule has 2 aromatic heterocycles. The molecule has 1 aliphatic heterocycles. The van der Waals surface area contributed by atoms with Crippen LogP contribution in [0.4, 0.5) is 0 Å². The van der Waals surface area contributed by atoms with Crippen LogP contribution in [0, 0.1) is 6.92 Å². The molecular weight excluding hydrogens is 328 g/mol. The molecule has 0 radical (unpaired) electrons. The highest BCUT2D eigenvalue weighted by atomic mass is 16.5. The molecule has 0 saturated carbocycles. The zero-order valence-electron chi connectivity index (χ0n) is 15.1. The molecule has 0 aromatic carbocycles. The quantitative estimate of drug-likeness (QED) is 0.849. The van der Waals surface area contributed by atoms with Gasteiger partial charge in [0.05, 0.1) is 37.2 Å². The number of nitrogens with zero attached hydrogens (tertiary/aromatic N) is 4. The van der Waals surface area contributed by atoms with Crippen LogP contribution >= 0.6 is 0 Å². The number of carbonyl (C=O) groups excluding carboxylic acids is 1. The summed E-state index contributed by atoms with van der Waals surface area (Å²) in [5, 5.41) is 4.40. The molecule has 1 amide bonds. The molecule has 3 heterocycles. The van der Waals surface area contributed by atoms with Crippen molar-refractivity contribution in [2.45, 2.75) is 52.0 Å². The predicted octanol–water partition coefficient (Wildman–Crippen LogP) is 2.62. The Morgan fingerprint density at radius 1 is 1.31 bits per heavy atom. The van der Waals surface area contributed by atoms with Gasteiger partial charge in [0.15, 0.2) is 0 Å². The van der Waals surface area contributed by atoms with Crippen molar-refractivity contribution in [1.82, 2.24) is 19.7 Å². The Kier molecular flexibility index (Phi) is 4.84. The van der Waals surface area contributed by atoms with E-state index in [1.54, 1.807) is 6.20 Å². The standard InChI is InChI=1S/C20H24N4O2/c1-15-5-4-8-17(22-15)14-26-19-12-23(20(25)16-6-2-3-7-16)11-18-9-10-21-24(18)13-19/h4-6,8-10,19H,2-3,7,11-14H2,1H3/t19-/m0/s1. The SMILES string of the molecule is Cc1cccc(CO[C@H]2CN(C(=O)C3=CCCC3)Cc3ccnn3C2)n1. The van der Waals surface area contributed by atoms with E-state index in [2.05, 4.69) is 16.2 Å². The average molecular weight is 352 g/mol. The lowest BCUT2D eigenvalue weighted by Gasteiger charge is -2.24. The minimum Gasteiger partial charge on any atom is -0.368 e. The van der Waals surface area contributed by atoms with Gasteiger partial charge in [0, 0.05) is 24.0 Å². The summed E-state index contributed by atoms with van der Waals surface area (Å²) >= 11 is 0. The summed E-state index contributed by atoms with van der Waals surface area (Å²) in [5.41, 5.74) is 3.88. The van der Waals surface area contributed by atoms with Gasteiger partial charge in [-0.05, 0) is 44.4 Å². The second-order valence-corrected chi connectivity index (χ2v) is 7.02. The Bertz CT molecular complexity index is 827. The topological polar surface area (TPSA) is 60.2 Å². The molecule has 2 aromatic rings. The molecule has 6 heteroatoms. The maximum atomic E-state index is 12.9. The smallest absolute Gasteiger partial charge is 0.249 e. The van der Waals surface area contributed by atoms with Crippen molar-refractivity contribution in [2.24, 2.45) is 0 Å². The third-order valence-electron chi connectivity index (χ3n) is 4.97. The summed E-state index contributed by atoms with van der Waals surface area (Å²) < 4.78 is 8.09. The Balaban J connectivity index is 1.49. The van der Waals surface area contributed by atoms with Crippen LogP contribution < -0.4 is 0 Å². The number of aryl methyl sites for hydroxylation is 1. The average Bonchev–Trinajstić information content (AvgIpc) is 3.28. The monoisotopic (exact) mass is 352 g/mol. The number of amides is 1. The fourth-order valence-electron chi connectivity index (χ4n) is 3.63. The highest BCUT2D eigenvalue weighted by Gasteiger charge is 2.28. The number of carbonyl (C=O) groups is 1. The van der Waals surface area contributed by atoms with Gasteiger partial charge in [0.1, 0.15) is 0 Å². The number of aromatic nitrogens is 3. The van der Waals surface area contributed by atoms with Crippen LogP contribution in [-0.4, -0.2) is 38.2 Å². The van der Waals surface area contributed by atoms with Crippen LogP contribution in [0.15, 0.2) is 42.1 Å². The van der Waals surface area contributed by atoms with Gasteiger partial charge < -0.3 is 9.64 Å². The molecular formula is C20H24N4O2. The van der Waals surface area contributed by atoms with Crippen molar-refractivity contribution in [2.75, 3.05) is 6.54 Å². The highest BCUT2D eigenvalue weighted by Crippen LogP contribution is 2.23. The van der Waals surface area contributed by atoms with E-state index in [9.17, 15) is 4.79 Å². The third kappa shape index (κ3) is 3.70. The van der Waals surface area contributed by atoms with E-state index in [1.807, 2.05) is 40.8 Å². The van der Waals surface area contributed by atoms with Crippen molar-refractivity contribution in [3.63, 3.8) is 0 Å². The zero-order chi connectivity index (χ0) is 17.9. The van der Waals surface area contributed by atoms with Crippen molar-refractivity contribution in [1.29, 1.82) is 0 Å². The minimum atomic E-state index is -0.107. The minimum absolute atomic E-state index is 0.107. The van der Waals surface area contributed by atoms with E-state index < -0.39 is 0 Å². The summed E-state index contributed by atoms with van der Waals surface area (Å²) in [6.07, 6.45) is 6.73. The lowest BCUT2D eigenvalue weighted by molar-refractivity contribution is -0.129. The molecule has 4 rings (SSSR count). The summed E-state index contributed by atoms with van der Waals surface area (Å²) in [4.78, 5) is 19.3. The van der Waals surface area contributed by atoms with Gasteiger partial charge in [0.2, 0.25) is 5.91 Å². The molecule has 1 aliphatic carbocycles. The molecule has 2 aliphatic rings. The number of rotatable bonds is 4. The molecule has 6 nitrogen and oxygen atoms in total. The van der Waals surface area contributed by atoms with E-state index in [0.717, 1.165) is 41.9 Å². The fourth-order valence-corrected chi connectivity index (χ4v) is 3.63. The zero-order valence-corrected chi connectivity index (χ0v) is 15.1. The first-order valence-corrected chi connectivity index (χ1v) is 9.22. The van der Waals surface area contributed by atoms with Crippen molar-refractivity contribution in [3.05, 3.63) is 59.2 Å². The van der Waals surface area contributed by atoms with Crippen molar-refractivity contribution in [3.8, 4) is 0 Å². The summed E-state index contributed by atoms with van der Waals surface area (Å²) in [7, 11) is 0. The van der Waals surface area contributed by atoms with E-state index in [0.29, 0.717) is 26.2 Å². The van der Waals surface area contributed by atoms with Crippen LogP contribution in [0.2, 0.25) is 0 Å². The van der Waals surface area contributed by atoms with Crippen LogP contribution in [-0.2, 0) is 29.2 Å². The fraction of sp³-hybridized carbons (Fsp3) is 0.450. The number of hydrogen-bond donors (Lipinski definition) is 0. The largest absolute Gasteiger partial charge is 0.368 e. The van der Waals surface area contributed by atoms with Gasteiger partial charge in [-0.25, -0.2) is 0 Å². The van der Waals surface area contributed by atoms with Crippen molar-refractivity contribution < 1.29 is 9.53 Å². The molecule has 0 spiro atoms. The molecule has 0 unspecified atom stereocenters. The van der Waals surface area contributed by atoms with Gasteiger partial charge in [-0.3, -0.25) is 14.5 Å². The van der Waals surface area contributed by atoms with Crippen LogP contribution in [0.3, 0.4) is 0 Å². The van der Waals surface area contributed by atoms with Crippen LogP contribution in [0.25, 0.3) is 0 Å². The third-order valence-corrected chi connectivity index (χ3v) is 4.97.